The fraction of sp³-hybridized carbons (Fsp3) is 0.588. The number of amides is 1. The van der Waals surface area contributed by atoms with Crippen LogP contribution in [-0.2, 0) is 14.8 Å². The maximum Gasteiger partial charge on any atom is 0.270 e. The van der Waals surface area contributed by atoms with Gasteiger partial charge >= 0.3 is 0 Å². The van der Waals surface area contributed by atoms with E-state index in [0.29, 0.717) is 12.8 Å². The monoisotopic (exact) mass is 396 g/mol. The number of nitro groups is 1. The largest absolute Gasteiger partial charge is 0.338 e. The van der Waals surface area contributed by atoms with Gasteiger partial charge in [0, 0.05) is 38.3 Å². The molecule has 0 spiro atoms. The number of nitro benzene ring substituents is 1. The van der Waals surface area contributed by atoms with Crippen molar-refractivity contribution >= 4 is 21.6 Å². The summed E-state index contributed by atoms with van der Waals surface area (Å²) in [5.74, 6) is -0.102. The number of sulfonamides is 1. The first kappa shape index (κ1) is 19.7. The highest BCUT2D eigenvalue weighted by Crippen LogP contribution is 2.29. The third-order valence-corrected chi connectivity index (χ3v) is 7.26. The van der Waals surface area contributed by atoms with E-state index in [-0.39, 0.29) is 42.7 Å². The molecule has 0 aromatic heterocycles. The molecule has 0 atom stereocenters. The van der Waals surface area contributed by atoms with Gasteiger partial charge in [-0.2, -0.15) is 4.31 Å². The zero-order valence-electron chi connectivity index (χ0n) is 15.0. The molecule has 1 aromatic rings. The molecular formula is C17H24N4O5S. The fourth-order valence-electron chi connectivity index (χ4n) is 3.75. The number of benzene rings is 1. The average molecular weight is 396 g/mol. The Balaban J connectivity index is 1.68. The van der Waals surface area contributed by atoms with Crippen molar-refractivity contribution < 1.29 is 18.1 Å². The first-order chi connectivity index (χ1) is 12.7. The van der Waals surface area contributed by atoms with E-state index >= 15 is 0 Å². The first-order valence-corrected chi connectivity index (χ1v) is 10.5. The standard InChI is InChI=1S/C17H24N4O5S/c18-17(7-2-1-3-8-17)16(22)19-9-11-20(12-10-19)27(25,26)15-6-4-5-14(13-15)21(23)24/h4-6,13H,1-3,7-12,18H2. The molecule has 0 radical (unpaired) electrons. The molecule has 0 bridgehead atoms. The van der Waals surface area contributed by atoms with Crippen molar-refractivity contribution in [1.29, 1.82) is 0 Å². The van der Waals surface area contributed by atoms with Crippen molar-refractivity contribution in [1.82, 2.24) is 9.21 Å². The van der Waals surface area contributed by atoms with Crippen LogP contribution in [0.3, 0.4) is 0 Å². The van der Waals surface area contributed by atoms with Crippen LogP contribution < -0.4 is 5.73 Å². The number of carbonyl (C=O) groups is 1. The van der Waals surface area contributed by atoms with Gasteiger partial charge in [0.25, 0.3) is 5.69 Å². The molecule has 2 aliphatic rings. The smallest absolute Gasteiger partial charge is 0.270 e. The van der Waals surface area contributed by atoms with Gasteiger partial charge in [-0.15, -0.1) is 0 Å². The van der Waals surface area contributed by atoms with Crippen molar-refractivity contribution in [3.05, 3.63) is 34.4 Å². The van der Waals surface area contributed by atoms with Crippen molar-refractivity contribution in [3.63, 3.8) is 0 Å². The quantitative estimate of drug-likeness (QED) is 0.599. The number of non-ortho nitro benzene ring substituents is 1. The Kier molecular flexibility index (Phi) is 5.50. The molecule has 148 valence electrons. The normalized spacial score (nSPS) is 21.0. The third-order valence-electron chi connectivity index (χ3n) is 5.36. The van der Waals surface area contributed by atoms with Gasteiger partial charge in [0.2, 0.25) is 15.9 Å². The fourth-order valence-corrected chi connectivity index (χ4v) is 5.21. The summed E-state index contributed by atoms with van der Waals surface area (Å²) in [7, 11) is -3.85. The zero-order chi connectivity index (χ0) is 19.7. The predicted octanol–water partition coefficient (Wildman–Crippen LogP) is 1.09. The van der Waals surface area contributed by atoms with E-state index < -0.39 is 20.5 Å². The number of carbonyl (C=O) groups excluding carboxylic acids is 1. The summed E-state index contributed by atoms with van der Waals surface area (Å²) in [5.41, 5.74) is 5.20. The van der Waals surface area contributed by atoms with E-state index in [1.54, 1.807) is 4.90 Å². The van der Waals surface area contributed by atoms with Crippen molar-refractivity contribution in [2.75, 3.05) is 26.2 Å². The lowest BCUT2D eigenvalue weighted by Gasteiger charge is -2.40. The molecule has 1 aromatic carbocycles. The zero-order valence-corrected chi connectivity index (χ0v) is 15.9. The second kappa shape index (κ2) is 7.53. The third kappa shape index (κ3) is 3.97. The predicted molar refractivity (Wildman–Crippen MR) is 98.4 cm³/mol. The van der Waals surface area contributed by atoms with Gasteiger partial charge in [0.1, 0.15) is 0 Å². The van der Waals surface area contributed by atoms with Gasteiger partial charge in [-0.1, -0.05) is 25.3 Å². The van der Waals surface area contributed by atoms with E-state index in [2.05, 4.69) is 0 Å². The van der Waals surface area contributed by atoms with Crippen LogP contribution in [0.2, 0.25) is 0 Å². The molecule has 0 unspecified atom stereocenters. The van der Waals surface area contributed by atoms with Crippen molar-refractivity contribution in [2.24, 2.45) is 5.73 Å². The lowest BCUT2D eigenvalue weighted by molar-refractivity contribution is -0.385. The molecule has 1 amide bonds. The minimum absolute atomic E-state index is 0.102. The van der Waals surface area contributed by atoms with Crippen LogP contribution >= 0.6 is 0 Å². The second-order valence-electron chi connectivity index (χ2n) is 7.17. The highest BCUT2D eigenvalue weighted by molar-refractivity contribution is 7.89. The van der Waals surface area contributed by atoms with Gasteiger partial charge in [-0.05, 0) is 18.9 Å². The number of nitrogens with two attached hydrogens (primary N) is 1. The minimum Gasteiger partial charge on any atom is -0.338 e. The Morgan fingerprint density at radius 2 is 1.74 bits per heavy atom. The lowest BCUT2D eigenvalue weighted by Crippen LogP contribution is -2.60. The Labute approximate surface area is 158 Å². The van der Waals surface area contributed by atoms with E-state index in [4.69, 9.17) is 5.73 Å². The van der Waals surface area contributed by atoms with Crippen LogP contribution in [0.4, 0.5) is 5.69 Å². The van der Waals surface area contributed by atoms with Gasteiger partial charge in [0.05, 0.1) is 15.4 Å². The van der Waals surface area contributed by atoms with Gasteiger partial charge in [0.15, 0.2) is 0 Å². The summed E-state index contributed by atoms with van der Waals surface area (Å²) in [6, 6.07) is 5.01. The van der Waals surface area contributed by atoms with Gasteiger partial charge in [-0.25, -0.2) is 8.42 Å². The Hall–Kier alpha value is -2.04. The molecule has 9 nitrogen and oxygen atoms in total. The maximum absolute atomic E-state index is 12.8. The number of nitrogens with zero attached hydrogens (tertiary/aromatic N) is 3. The number of hydrogen-bond acceptors (Lipinski definition) is 6. The second-order valence-corrected chi connectivity index (χ2v) is 9.11. The number of piperazine rings is 1. The molecule has 2 N–H and O–H groups in total. The summed E-state index contributed by atoms with van der Waals surface area (Å²) < 4.78 is 26.8. The van der Waals surface area contributed by atoms with Gasteiger partial charge < -0.3 is 10.6 Å². The molecule has 10 heteroatoms. The molecule has 2 fully saturated rings. The number of hydrogen-bond donors (Lipinski definition) is 1. The SMILES string of the molecule is NC1(C(=O)N2CCN(S(=O)(=O)c3cccc([N+](=O)[O-])c3)CC2)CCCCC1. The van der Waals surface area contributed by atoms with Gasteiger partial charge in [-0.3, -0.25) is 14.9 Å². The van der Waals surface area contributed by atoms with Crippen LogP contribution in [0.15, 0.2) is 29.2 Å². The summed E-state index contributed by atoms with van der Waals surface area (Å²) in [4.78, 5) is 24.6. The Bertz CT molecular complexity index is 827. The Morgan fingerprint density at radius 1 is 1.11 bits per heavy atom. The van der Waals surface area contributed by atoms with E-state index in [0.717, 1.165) is 25.3 Å². The maximum atomic E-state index is 12.8. The van der Waals surface area contributed by atoms with Crippen LogP contribution in [0.25, 0.3) is 0 Å². The lowest BCUT2D eigenvalue weighted by atomic mass is 9.81. The van der Waals surface area contributed by atoms with Crippen LogP contribution in [0.5, 0.6) is 0 Å². The minimum atomic E-state index is -3.85. The molecule has 27 heavy (non-hydrogen) atoms. The van der Waals surface area contributed by atoms with Crippen LogP contribution in [0, 0.1) is 10.1 Å². The summed E-state index contributed by atoms with van der Waals surface area (Å²) in [6.07, 6.45) is 4.28. The molecule has 1 saturated carbocycles. The molecule has 1 heterocycles. The average Bonchev–Trinajstić information content (AvgIpc) is 2.68. The van der Waals surface area contributed by atoms with E-state index in [9.17, 15) is 23.3 Å². The first-order valence-electron chi connectivity index (χ1n) is 9.07. The van der Waals surface area contributed by atoms with Crippen molar-refractivity contribution in [2.45, 2.75) is 42.5 Å². The topological polar surface area (TPSA) is 127 Å². The molecule has 1 aliphatic heterocycles. The molecular weight excluding hydrogens is 372 g/mol. The summed E-state index contributed by atoms with van der Waals surface area (Å²) in [6.45, 7) is 0.831. The van der Waals surface area contributed by atoms with E-state index in [1.165, 1.54) is 22.5 Å². The molecule has 3 rings (SSSR count). The summed E-state index contributed by atoms with van der Waals surface area (Å²) in [5, 5.41) is 10.9. The number of rotatable bonds is 4. The Morgan fingerprint density at radius 3 is 2.33 bits per heavy atom. The van der Waals surface area contributed by atoms with Crippen LogP contribution in [0.1, 0.15) is 32.1 Å². The van der Waals surface area contributed by atoms with Crippen molar-refractivity contribution in [3.8, 4) is 0 Å². The molecule has 1 saturated heterocycles. The van der Waals surface area contributed by atoms with E-state index in [1.807, 2.05) is 0 Å². The highest BCUT2D eigenvalue weighted by atomic mass is 32.2. The molecule has 1 aliphatic carbocycles. The highest BCUT2D eigenvalue weighted by Gasteiger charge is 2.40. The van der Waals surface area contributed by atoms with Crippen LogP contribution in [-0.4, -0.2) is 60.2 Å². The summed E-state index contributed by atoms with van der Waals surface area (Å²) >= 11 is 0.